The Labute approximate surface area is 98.2 Å². The van der Waals surface area contributed by atoms with Gasteiger partial charge in [-0.3, -0.25) is 4.79 Å². The van der Waals surface area contributed by atoms with Crippen LogP contribution in [-0.4, -0.2) is 17.5 Å². The number of hydrogen-bond donors (Lipinski definition) is 2. The van der Waals surface area contributed by atoms with Crippen molar-refractivity contribution in [2.24, 2.45) is 17.1 Å². The molecule has 2 unspecified atom stereocenters. The van der Waals surface area contributed by atoms with Crippen LogP contribution in [0, 0.1) is 11.3 Å². The van der Waals surface area contributed by atoms with Gasteiger partial charge in [0.05, 0.1) is 0 Å². The zero-order valence-electron chi connectivity index (χ0n) is 10.7. The Balaban J connectivity index is 2.15. The van der Waals surface area contributed by atoms with Gasteiger partial charge in [-0.2, -0.15) is 0 Å². The largest absolute Gasteiger partial charge is 0.368 e. The van der Waals surface area contributed by atoms with Crippen molar-refractivity contribution in [3.8, 4) is 0 Å². The van der Waals surface area contributed by atoms with Crippen LogP contribution >= 0.6 is 0 Å². The minimum atomic E-state index is -0.434. The molecule has 3 nitrogen and oxygen atoms in total. The summed E-state index contributed by atoms with van der Waals surface area (Å²) in [5, 5.41) is 3.52. The van der Waals surface area contributed by atoms with Crippen LogP contribution in [0.2, 0.25) is 0 Å². The van der Waals surface area contributed by atoms with Gasteiger partial charge < -0.3 is 11.1 Å². The smallest absolute Gasteiger partial charge is 0.238 e. The van der Waals surface area contributed by atoms with Crippen LogP contribution in [0.15, 0.2) is 0 Å². The summed E-state index contributed by atoms with van der Waals surface area (Å²) >= 11 is 0. The Morgan fingerprint density at radius 2 is 1.94 bits per heavy atom. The van der Waals surface area contributed by atoms with Crippen LogP contribution in [0.25, 0.3) is 0 Å². The molecule has 0 aromatic carbocycles. The highest BCUT2D eigenvalue weighted by atomic mass is 16.1. The molecule has 0 saturated heterocycles. The van der Waals surface area contributed by atoms with Crippen molar-refractivity contribution in [1.82, 2.24) is 5.32 Å². The number of rotatable bonds is 3. The molecule has 2 fully saturated rings. The molecule has 0 spiro atoms. The van der Waals surface area contributed by atoms with E-state index in [1.165, 1.54) is 12.8 Å². The highest BCUT2D eigenvalue weighted by Gasteiger charge is 2.49. The molecule has 2 atom stereocenters. The maximum Gasteiger partial charge on any atom is 0.238 e. The SMILES string of the molecule is CC1CC(C)(C)CCC1(NC1CC1)C(N)=O. The Kier molecular flexibility index (Phi) is 2.77. The molecule has 16 heavy (non-hydrogen) atoms. The van der Waals surface area contributed by atoms with Gasteiger partial charge in [-0.25, -0.2) is 0 Å². The van der Waals surface area contributed by atoms with E-state index in [2.05, 4.69) is 26.1 Å². The van der Waals surface area contributed by atoms with E-state index in [4.69, 9.17) is 5.73 Å². The van der Waals surface area contributed by atoms with Crippen molar-refractivity contribution in [2.75, 3.05) is 0 Å². The molecule has 0 radical (unpaired) electrons. The van der Waals surface area contributed by atoms with Crippen molar-refractivity contribution >= 4 is 5.91 Å². The van der Waals surface area contributed by atoms with Crippen molar-refractivity contribution in [1.29, 1.82) is 0 Å². The third-order valence-electron chi connectivity index (χ3n) is 4.37. The number of nitrogens with two attached hydrogens (primary N) is 1. The number of amides is 1. The number of hydrogen-bond acceptors (Lipinski definition) is 2. The minimum absolute atomic E-state index is 0.151. The molecule has 0 aliphatic heterocycles. The molecular formula is C13H24N2O. The lowest BCUT2D eigenvalue weighted by Crippen LogP contribution is -2.63. The molecule has 2 aliphatic carbocycles. The molecule has 3 N–H and O–H groups in total. The average molecular weight is 224 g/mol. The van der Waals surface area contributed by atoms with Gasteiger partial charge in [0.15, 0.2) is 0 Å². The maximum absolute atomic E-state index is 11.8. The van der Waals surface area contributed by atoms with Crippen LogP contribution in [0.3, 0.4) is 0 Å². The molecule has 92 valence electrons. The van der Waals surface area contributed by atoms with Crippen LogP contribution in [0.4, 0.5) is 0 Å². The Bertz CT molecular complexity index is 296. The third-order valence-corrected chi connectivity index (χ3v) is 4.37. The Morgan fingerprint density at radius 1 is 1.31 bits per heavy atom. The fourth-order valence-corrected chi connectivity index (χ4v) is 3.13. The molecule has 0 bridgehead atoms. The zero-order chi connectivity index (χ0) is 12.0. The molecule has 3 heteroatoms. The lowest BCUT2D eigenvalue weighted by Gasteiger charge is -2.47. The summed E-state index contributed by atoms with van der Waals surface area (Å²) in [7, 11) is 0. The summed E-state index contributed by atoms with van der Waals surface area (Å²) in [6.45, 7) is 6.73. The van der Waals surface area contributed by atoms with E-state index in [0.29, 0.717) is 17.4 Å². The number of primary amides is 1. The minimum Gasteiger partial charge on any atom is -0.368 e. The second kappa shape index (κ2) is 3.73. The molecule has 0 aromatic heterocycles. The fraction of sp³-hybridized carbons (Fsp3) is 0.923. The second-order valence-corrected chi connectivity index (χ2v) is 6.52. The van der Waals surface area contributed by atoms with E-state index in [0.717, 1.165) is 19.3 Å². The highest BCUT2D eigenvalue weighted by Crippen LogP contribution is 2.45. The van der Waals surface area contributed by atoms with Gasteiger partial charge in [0.25, 0.3) is 0 Å². The average Bonchev–Trinajstić information content (AvgIpc) is 2.92. The van der Waals surface area contributed by atoms with E-state index in [-0.39, 0.29) is 5.91 Å². The number of nitrogens with one attached hydrogen (secondary N) is 1. The first-order chi connectivity index (χ1) is 7.36. The highest BCUT2D eigenvalue weighted by molar-refractivity contribution is 5.85. The third kappa shape index (κ3) is 2.10. The van der Waals surface area contributed by atoms with Gasteiger partial charge in [-0.05, 0) is 43.4 Å². The van der Waals surface area contributed by atoms with Crippen LogP contribution in [0.5, 0.6) is 0 Å². The molecule has 0 aromatic rings. The second-order valence-electron chi connectivity index (χ2n) is 6.52. The summed E-state index contributed by atoms with van der Waals surface area (Å²) < 4.78 is 0. The van der Waals surface area contributed by atoms with Crippen molar-refractivity contribution in [3.05, 3.63) is 0 Å². The van der Waals surface area contributed by atoms with Gasteiger partial charge in [0.2, 0.25) is 5.91 Å². The first kappa shape index (κ1) is 11.9. The van der Waals surface area contributed by atoms with E-state index in [9.17, 15) is 4.79 Å². The van der Waals surface area contributed by atoms with Crippen molar-refractivity contribution in [2.45, 2.75) is 64.5 Å². The molecule has 1 amide bonds. The van der Waals surface area contributed by atoms with Crippen LogP contribution < -0.4 is 11.1 Å². The van der Waals surface area contributed by atoms with Gasteiger partial charge in [0.1, 0.15) is 5.54 Å². The first-order valence-corrected chi connectivity index (χ1v) is 6.43. The predicted molar refractivity (Wildman–Crippen MR) is 64.9 cm³/mol. The van der Waals surface area contributed by atoms with E-state index in [1.54, 1.807) is 0 Å². The summed E-state index contributed by atoms with van der Waals surface area (Å²) in [5.74, 6) is 0.191. The van der Waals surface area contributed by atoms with Gasteiger partial charge in [-0.1, -0.05) is 20.8 Å². The standard InChI is InChI=1S/C13H24N2O/c1-9-8-12(2,3)6-7-13(9,11(14)16)15-10-4-5-10/h9-10,15H,4-8H2,1-3H3,(H2,14,16). The lowest BCUT2D eigenvalue weighted by molar-refractivity contribution is -0.129. The van der Waals surface area contributed by atoms with Crippen molar-refractivity contribution in [3.63, 3.8) is 0 Å². The molecule has 2 saturated carbocycles. The fourth-order valence-electron chi connectivity index (χ4n) is 3.13. The quantitative estimate of drug-likeness (QED) is 0.768. The molecular weight excluding hydrogens is 200 g/mol. The van der Waals surface area contributed by atoms with Crippen LogP contribution in [-0.2, 0) is 4.79 Å². The first-order valence-electron chi connectivity index (χ1n) is 6.43. The summed E-state index contributed by atoms with van der Waals surface area (Å²) in [6.07, 6.45) is 5.46. The maximum atomic E-state index is 11.8. The summed E-state index contributed by atoms with van der Waals surface area (Å²) in [6, 6.07) is 0.538. The number of carbonyl (C=O) groups is 1. The Hall–Kier alpha value is -0.570. The zero-order valence-corrected chi connectivity index (χ0v) is 10.7. The normalized spacial score (nSPS) is 38.3. The lowest BCUT2D eigenvalue weighted by atomic mass is 9.63. The van der Waals surface area contributed by atoms with E-state index >= 15 is 0 Å². The topological polar surface area (TPSA) is 55.1 Å². The Morgan fingerprint density at radius 3 is 2.38 bits per heavy atom. The van der Waals surface area contributed by atoms with Crippen molar-refractivity contribution < 1.29 is 4.79 Å². The van der Waals surface area contributed by atoms with Crippen LogP contribution in [0.1, 0.15) is 52.9 Å². The molecule has 0 heterocycles. The molecule has 2 aliphatic rings. The van der Waals surface area contributed by atoms with E-state index in [1.807, 2.05) is 0 Å². The van der Waals surface area contributed by atoms with Gasteiger partial charge in [0, 0.05) is 6.04 Å². The van der Waals surface area contributed by atoms with E-state index < -0.39 is 5.54 Å². The predicted octanol–water partition coefficient (Wildman–Crippen LogP) is 1.81. The van der Waals surface area contributed by atoms with Gasteiger partial charge >= 0.3 is 0 Å². The summed E-state index contributed by atoms with van der Waals surface area (Å²) in [5.41, 5.74) is 5.57. The van der Waals surface area contributed by atoms with Gasteiger partial charge in [-0.15, -0.1) is 0 Å². The number of carbonyl (C=O) groups excluding carboxylic acids is 1. The monoisotopic (exact) mass is 224 g/mol. The molecule has 2 rings (SSSR count). The summed E-state index contributed by atoms with van der Waals surface area (Å²) in [4.78, 5) is 11.8.